The van der Waals surface area contributed by atoms with Gasteiger partial charge in [0.25, 0.3) is 0 Å². The van der Waals surface area contributed by atoms with Crippen molar-refractivity contribution < 1.29 is 32.6 Å². The predicted molar refractivity (Wildman–Crippen MR) is 135 cm³/mol. The third-order valence-corrected chi connectivity index (χ3v) is 8.71. The first kappa shape index (κ1) is 28.1. The van der Waals surface area contributed by atoms with Crippen LogP contribution in [0.1, 0.15) is 78.2 Å². The molecule has 0 amide bonds. The molecular formula is C25H42O7P2. The van der Waals surface area contributed by atoms with Crippen LogP contribution in [0, 0.1) is 23.7 Å². The summed E-state index contributed by atoms with van der Waals surface area (Å²) >= 11 is 0. The molecule has 34 heavy (non-hydrogen) atoms. The Morgan fingerprint density at radius 2 is 1.74 bits per heavy atom. The Bertz CT molecular complexity index is 750. The van der Waals surface area contributed by atoms with Crippen molar-refractivity contribution in [3.8, 4) is 11.5 Å². The van der Waals surface area contributed by atoms with Crippen molar-refractivity contribution in [3.63, 3.8) is 0 Å². The van der Waals surface area contributed by atoms with Gasteiger partial charge in [-0.25, -0.2) is 0 Å². The number of hydrogen-bond acceptors (Lipinski definition) is 7. The van der Waals surface area contributed by atoms with E-state index >= 15 is 0 Å². The maximum atomic E-state index is 10.8. The van der Waals surface area contributed by atoms with Gasteiger partial charge in [0, 0.05) is 5.56 Å². The molecule has 0 radical (unpaired) electrons. The SMILES string of the molecule is COc1cccc(COP(O)OC2CCCC(C)C2)c1OP(O)O[C@@H]1C[C@H](C)CCC1C(C)C. The van der Waals surface area contributed by atoms with Crippen LogP contribution in [0.3, 0.4) is 0 Å². The topological polar surface area (TPSA) is 86.6 Å². The number of methoxy groups -OCH3 is 1. The molecule has 0 heterocycles. The van der Waals surface area contributed by atoms with Crippen LogP contribution in [0.5, 0.6) is 11.5 Å². The zero-order valence-electron chi connectivity index (χ0n) is 21.2. The first-order valence-corrected chi connectivity index (χ1v) is 14.8. The normalized spacial score (nSPS) is 29.6. The Morgan fingerprint density at radius 3 is 2.44 bits per heavy atom. The fraction of sp³-hybridized carbons (Fsp3) is 0.760. The lowest BCUT2D eigenvalue weighted by Gasteiger charge is -2.37. The first-order chi connectivity index (χ1) is 16.3. The van der Waals surface area contributed by atoms with Crippen molar-refractivity contribution in [1.29, 1.82) is 0 Å². The lowest BCUT2D eigenvalue weighted by atomic mass is 9.75. The molecule has 3 rings (SSSR count). The number of hydrogen-bond donors (Lipinski definition) is 2. The van der Waals surface area contributed by atoms with E-state index in [1.54, 1.807) is 13.2 Å². The van der Waals surface area contributed by atoms with Gasteiger partial charge in [0.1, 0.15) is 0 Å². The fourth-order valence-corrected chi connectivity index (χ4v) is 6.78. The Morgan fingerprint density at radius 1 is 0.971 bits per heavy atom. The van der Waals surface area contributed by atoms with Gasteiger partial charge in [-0.2, -0.15) is 0 Å². The molecule has 7 nitrogen and oxygen atoms in total. The standard InChI is InChI=1S/C25H42O7P2/c1-17(2)22-13-12-19(4)15-24(22)31-34(27)32-25-20(9-7-11-23(25)28-5)16-29-33(26)30-21-10-6-8-18(3)14-21/h7,9,11,17-19,21-22,24,26-27H,6,8,10,12-16H2,1-5H3/t18?,19-,21?,22?,24-,33?,34?/m1/s1. The molecule has 5 unspecified atom stereocenters. The summed E-state index contributed by atoms with van der Waals surface area (Å²) in [6.07, 6.45) is 7.41. The minimum atomic E-state index is -2.16. The summed E-state index contributed by atoms with van der Waals surface area (Å²) in [7, 11) is -2.61. The highest BCUT2D eigenvalue weighted by Gasteiger charge is 2.34. The second kappa shape index (κ2) is 13.7. The zero-order valence-corrected chi connectivity index (χ0v) is 23.0. The van der Waals surface area contributed by atoms with Crippen LogP contribution in [0.2, 0.25) is 0 Å². The van der Waals surface area contributed by atoms with Crippen molar-refractivity contribution >= 4 is 17.2 Å². The van der Waals surface area contributed by atoms with Gasteiger partial charge in [-0.3, -0.25) is 4.52 Å². The van der Waals surface area contributed by atoms with E-state index in [9.17, 15) is 9.79 Å². The van der Waals surface area contributed by atoms with E-state index in [1.807, 2.05) is 12.1 Å². The summed E-state index contributed by atoms with van der Waals surface area (Å²) in [5.74, 6) is 2.90. The molecular weight excluding hydrogens is 474 g/mol. The third kappa shape index (κ3) is 8.27. The summed E-state index contributed by atoms with van der Waals surface area (Å²) in [4.78, 5) is 21.1. The Kier molecular flexibility index (Phi) is 11.3. The molecule has 1 aromatic rings. The molecule has 0 aliphatic heterocycles. The van der Waals surface area contributed by atoms with Crippen LogP contribution < -0.4 is 9.26 Å². The number of rotatable bonds is 11. The zero-order chi connectivity index (χ0) is 24.7. The van der Waals surface area contributed by atoms with Gasteiger partial charge in [0.05, 0.1) is 25.9 Å². The van der Waals surface area contributed by atoms with Crippen LogP contribution >= 0.6 is 17.2 Å². The van der Waals surface area contributed by atoms with E-state index in [2.05, 4.69) is 27.7 Å². The second-order valence-electron chi connectivity index (χ2n) is 10.3. The molecule has 0 spiro atoms. The minimum absolute atomic E-state index is 0.0337. The van der Waals surface area contributed by atoms with Crippen molar-refractivity contribution in [2.45, 2.75) is 91.5 Å². The molecule has 0 aromatic heterocycles. The quantitative estimate of drug-likeness (QED) is 0.303. The monoisotopic (exact) mass is 516 g/mol. The van der Waals surface area contributed by atoms with Crippen LogP contribution in [-0.2, 0) is 20.2 Å². The van der Waals surface area contributed by atoms with Gasteiger partial charge in [-0.15, -0.1) is 0 Å². The highest BCUT2D eigenvalue weighted by molar-refractivity contribution is 7.41. The largest absolute Gasteiger partial charge is 0.493 e. The van der Waals surface area contributed by atoms with Gasteiger partial charge < -0.3 is 28.1 Å². The lowest BCUT2D eigenvalue weighted by Crippen LogP contribution is -2.33. The summed E-state index contributed by atoms with van der Waals surface area (Å²) in [6.45, 7) is 8.93. The Labute approximate surface area is 207 Å². The van der Waals surface area contributed by atoms with Gasteiger partial charge in [-0.05, 0) is 55.4 Å². The van der Waals surface area contributed by atoms with Crippen molar-refractivity contribution in [3.05, 3.63) is 23.8 Å². The van der Waals surface area contributed by atoms with Crippen LogP contribution in [0.25, 0.3) is 0 Å². The van der Waals surface area contributed by atoms with Gasteiger partial charge in [0.2, 0.25) is 0 Å². The molecule has 1 aromatic carbocycles. The molecule has 0 bridgehead atoms. The fourth-order valence-electron chi connectivity index (χ4n) is 5.15. The molecule has 194 valence electrons. The highest BCUT2D eigenvalue weighted by atomic mass is 31.2. The molecule has 2 saturated carbocycles. The van der Waals surface area contributed by atoms with Gasteiger partial charge in [0.15, 0.2) is 11.5 Å². The number of ether oxygens (including phenoxy) is 1. The van der Waals surface area contributed by atoms with Crippen LogP contribution in [-0.4, -0.2) is 29.1 Å². The first-order valence-electron chi connectivity index (χ1n) is 12.5. The maximum absolute atomic E-state index is 10.8. The Balaban J connectivity index is 1.61. The number of para-hydroxylation sites is 1. The van der Waals surface area contributed by atoms with Crippen LogP contribution in [0.4, 0.5) is 0 Å². The van der Waals surface area contributed by atoms with Crippen molar-refractivity contribution in [1.82, 2.24) is 0 Å². The molecule has 9 heteroatoms. The van der Waals surface area contributed by atoms with E-state index in [0.29, 0.717) is 40.7 Å². The molecule has 2 aliphatic rings. The third-order valence-electron chi connectivity index (χ3n) is 7.09. The molecule has 2 aliphatic carbocycles. The molecule has 2 N–H and O–H groups in total. The summed E-state index contributed by atoms with van der Waals surface area (Å²) in [5.41, 5.74) is 0.657. The van der Waals surface area contributed by atoms with E-state index < -0.39 is 17.2 Å². The predicted octanol–water partition coefficient (Wildman–Crippen LogP) is 7.10. The summed E-state index contributed by atoms with van der Waals surface area (Å²) < 4.78 is 28.8. The maximum Gasteiger partial charge on any atom is 0.394 e. The van der Waals surface area contributed by atoms with Gasteiger partial charge in [-0.1, -0.05) is 59.1 Å². The van der Waals surface area contributed by atoms with Gasteiger partial charge >= 0.3 is 17.2 Å². The average molecular weight is 517 g/mol. The average Bonchev–Trinajstić information content (AvgIpc) is 2.78. The van der Waals surface area contributed by atoms with Crippen LogP contribution in [0.15, 0.2) is 18.2 Å². The summed E-state index contributed by atoms with van der Waals surface area (Å²) in [5, 5.41) is 0. The minimum Gasteiger partial charge on any atom is -0.493 e. The highest BCUT2D eigenvalue weighted by Crippen LogP contribution is 2.48. The second-order valence-corrected chi connectivity index (χ2v) is 12.1. The van der Waals surface area contributed by atoms with E-state index in [4.69, 9.17) is 22.8 Å². The van der Waals surface area contributed by atoms with E-state index in [1.165, 1.54) is 12.8 Å². The Hall–Kier alpha value is -0.520. The lowest BCUT2D eigenvalue weighted by molar-refractivity contribution is 0.0380. The molecule has 2 fully saturated rings. The number of benzene rings is 1. The molecule has 7 atom stereocenters. The molecule has 0 saturated heterocycles. The van der Waals surface area contributed by atoms with E-state index in [-0.39, 0.29) is 18.8 Å². The summed E-state index contributed by atoms with van der Waals surface area (Å²) in [6, 6.07) is 5.42. The van der Waals surface area contributed by atoms with Crippen molar-refractivity contribution in [2.75, 3.05) is 7.11 Å². The smallest absolute Gasteiger partial charge is 0.394 e. The van der Waals surface area contributed by atoms with E-state index in [0.717, 1.165) is 32.1 Å². The van der Waals surface area contributed by atoms with Crippen molar-refractivity contribution in [2.24, 2.45) is 23.7 Å².